The average Bonchev–Trinajstić information content (AvgIpc) is 3.18. The number of rotatable bonds is 8. The third kappa shape index (κ3) is 4.28. The lowest BCUT2D eigenvalue weighted by molar-refractivity contribution is 0.0692. The molecule has 0 spiro atoms. The van der Waals surface area contributed by atoms with Gasteiger partial charge >= 0.3 is 5.97 Å². The Hall–Kier alpha value is -4.05. The topological polar surface area (TPSA) is 135 Å². The second kappa shape index (κ2) is 8.76. The van der Waals surface area contributed by atoms with Gasteiger partial charge in [0.25, 0.3) is 0 Å². The number of hydrogen-bond acceptors (Lipinski definition) is 8. The minimum Gasteiger partial charge on any atom is -0.493 e. The van der Waals surface area contributed by atoms with Crippen LogP contribution in [-0.2, 0) is 6.42 Å². The highest BCUT2D eigenvalue weighted by atomic mass is 16.5. The molecule has 158 valence electrons. The van der Waals surface area contributed by atoms with E-state index in [1.807, 2.05) is 24.3 Å². The van der Waals surface area contributed by atoms with Gasteiger partial charge in [-0.3, -0.25) is 0 Å². The van der Waals surface area contributed by atoms with Gasteiger partial charge in [0.2, 0.25) is 5.95 Å². The molecule has 10 heteroatoms. The molecule has 0 saturated heterocycles. The Morgan fingerprint density at radius 2 is 2.10 bits per heavy atom. The number of anilines is 2. The van der Waals surface area contributed by atoms with E-state index >= 15 is 0 Å². The molecule has 0 amide bonds. The zero-order valence-electron chi connectivity index (χ0n) is 16.7. The zero-order chi connectivity index (χ0) is 21.8. The van der Waals surface area contributed by atoms with Crippen molar-refractivity contribution in [3.8, 4) is 11.4 Å². The molecule has 4 aromatic rings. The monoisotopic (exact) mass is 420 g/mol. The van der Waals surface area contributed by atoms with Crippen molar-refractivity contribution in [2.45, 2.75) is 13.3 Å². The molecule has 0 aliphatic rings. The first kappa shape index (κ1) is 20.2. The fourth-order valence-corrected chi connectivity index (χ4v) is 3.12. The first-order valence-electron chi connectivity index (χ1n) is 9.65. The maximum atomic E-state index is 11.4. The van der Waals surface area contributed by atoms with Gasteiger partial charge in [-0.15, -0.1) is 5.10 Å². The van der Waals surface area contributed by atoms with E-state index < -0.39 is 5.97 Å². The number of nitrogens with one attached hydrogen (secondary N) is 1. The third-order valence-electron chi connectivity index (χ3n) is 4.52. The normalized spacial score (nSPS) is 10.9. The summed E-state index contributed by atoms with van der Waals surface area (Å²) in [5, 5.41) is 29.8. The van der Waals surface area contributed by atoms with Gasteiger partial charge in [0, 0.05) is 18.4 Å². The lowest BCUT2D eigenvalue weighted by Crippen LogP contribution is -2.05. The molecular weight excluding hydrogens is 400 g/mol. The van der Waals surface area contributed by atoms with E-state index in [1.165, 1.54) is 6.07 Å². The van der Waals surface area contributed by atoms with Gasteiger partial charge in [-0.25, -0.2) is 9.78 Å². The Labute approximate surface area is 177 Å². The van der Waals surface area contributed by atoms with Crippen molar-refractivity contribution in [1.29, 1.82) is 0 Å². The summed E-state index contributed by atoms with van der Waals surface area (Å²) in [6.45, 7) is 2.18. The second-order valence-corrected chi connectivity index (χ2v) is 6.62. The molecule has 0 unspecified atom stereocenters. The predicted octanol–water partition coefficient (Wildman–Crippen LogP) is 2.59. The Bertz CT molecular complexity index is 1240. The Morgan fingerprint density at radius 3 is 2.87 bits per heavy atom. The molecule has 0 atom stereocenters. The molecule has 0 aliphatic carbocycles. The highest BCUT2D eigenvalue weighted by Crippen LogP contribution is 2.26. The molecule has 3 N–H and O–H groups in total. The van der Waals surface area contributed by atoms with Crippen LogP contribution in [0.3, 0.4) is 0 Å². The largest absolute Gasteiger partial charge is 0.493 e. The van der Waals surface area contributed by atoms with Crippen LogP contribution in [0.2, 0.25) is 0 Å². The summed E-state index contributed by atoms with van der Waals surface area (Å²) in [6, 6.07) is 12.3. The third-order valence-corrected chi connectivity index (χ3v) is 4.52. The van der Waals surface area contributed by atoms with Crippen LogP contribution >= 0.6 is 0 Å². The number of ether oxygens (including phenoxy) is 1. The van der Waals surface area contributed by atoms with Gasteiger partial charge in [0.1, 0.15) is 11.3 Å². The maximum Gasteiger partial charge on any atom is 0.339 e. The van der Waals surface area contributed by atoms with E-state index in [0.29, 0.717) is 35.8 Å². The lowest BCUT2D eigenvalue weighted by Gasteiger charge is -2.10. The maximum absolute atomic E-state index is 11.4. The number of carboxylic acid groups (broad SMARTS) is 1. The minimum absolute atomic E-state index is 0.0577. The van der Waals surface area contributed by atoms with E-state index in [4.69, 9.17) is 4.74 Å². The highest BCUT2D eigenvalue weighted by Gasteiger charge is 2.14. The number of aliphatic hydroxyl groups is 1. The number of hydrogen-bond donors (Lipinski definition) is 3. The molecule has 0 bridgehead atoms. The fourth-order valence-electron chi connectivity index (χ4n) is 3.12. The van der Waals surface area contributed by atoms with Crippen molar-refractivity contribution in [3.63, 3.8) is 0 Å². The second-order valence-electron chi connectivity index (χ2n) is 6.62. The first-order chi connectivity index (χ1) is 15.1. The Balaban J connectivity index is 1.67. The van der Waals surface area contributed by atoms with Crippen molar-refractivity contribution >= 4 is 28.8 Å². The van der Waals surface area contributed by atoms with E-state index in [-0.39, 0.29) is 17.9 Å². The molecule has 2 aromatic carbocycles. The fraction of sp³-hybridized carbons (Fsp3) is 0.190. The molecule has 2 aromatic heterocycles. The number of aromatic nitrogens is 5. The molecular formula is C21H20N6O4. The standard InChI is InChI=1S/C21H20N6O4/c1-2-31-18-11-14(6-7-16(18)20(29)30)23-21-22-12-17-19(24-21)27(26-25-17)15-5-3-4-13(10-15)8-9-28/h3-7,10-12,28H,2,8-9H2,1H3,(H,29,30)(H,22,23,24). The van der Waals surface area contributed by atoms with E-state index in [0.717, 1.165) is 11.3 Å². The van der Waals surface area contributed by atoms with Crippen LogP contribution in [0.5, 0.6) is 5.75 Å². The van der Waals surface area contributed by atoms with Crippen LogP contribution < -0.4 is 10.1 Å². The van der Waals surface area contributed by atoms with Crippen molar-refractivity contribution < 1.29 is 19.7 Å². The molecule has 0 radical (unpaired) electrons. The first-order valence-corrected chi connectivity index (χ1v) is 9.65. The van der Waals surface area contributed by atoms with Crippen LogP contribution in [0, 0.1) is 0 Å². The summed E-state index contributed by atoms with van der Waals surface area (Å²) in [6.07, 6.45) is 2.09. The van der Waals surface area contributed by atoms with Gasteiger partial charge in [-0.2, -0.15) is 9.67 Å². The van der Waals surface area contributed by atoms with E-state index in [9.17, 15) is 15.0 Å². The summed E-state index contributed by atoms with van der Waals surface area (Å²) in [5.74, 6) is -0.507. The predicted molar refractivity (Wildman–Crippen MR) is 113 cm³/mol. The molecule has 10 nitrogen and oxygen atoms in total. The number of aliphatic hydroxyl groups excluding tert-OH is 1. The van der Waals surface area contributed by atoms with Gasteiger partial charge in [-0.05, 0) is 43.2 Å². The molecule has 2 heterocycles. The summed E-state index contributed by atoms with van der Waals surface area (Å²) >= 11 is 0. The minimum atomic E-state index is -1.06. The van der Waals surface area contributed by atoms with Crippen LogP contribution in [0.4, 0.5) is 11.6 Å². The van der Waals surface area contributed by atoms with E-state index in [1.54, 1.807) is 29.9 Å². The number of carboxylic acids is 1. The molecule has 4 rings (SSSR count). The van der Waals surface area contributed by atoms with Crippen molar-refractivity contribution in [3.05, 3.63) is 59.8 Å². The number of carbonyl (C=O) groups is 1. The quantitative estimate of drug-likeness (QED) is 0.393. The van der Waals surface area contributed by atoms with Crippen molar-refractivity contribution in [1.82, 2.24) is 25.0 Å². The molecule has 31 heavy (non-hydrogen) atoms. The van der Waals surface area contributed by atoms with Crippen molar-refractivity contribution in [2.75, 3.05) is 18.5 Å². The molecule has 0 aliphatic heterocycles. The van der Waals surface area contributed by atoms with Gasteiger partial charge in [-0.1, -0.05) is 17.3 Å². The number of fused-ring (bicyclic) bond motifs is 1. The highest BCUT2D eigenvalue weighted by molar-refractivity contribution is 5.91. The Morgan fingerprint density at radius 1 is 1.23 bits per heavy atom. The number of aromatic carboxylic acids is 1. The lowest BCUT2D eigenvalue weighted by atomic mass is 10.1. The average molecular weight is 420 g/mol. The van der Waals surface area contributed by atoms with Gasteiger partial charge in [0.15, 0.2) is 11.2 Å². The summed E-state index contributed by atoms with van der Waals surface area (Å²) in [4.78, 5) is 20.2. The summed E-state index contributed by atoms with van der Waals surface area (Å²) in [7, 11) is 0. The molecule has 0 saturated carbocycles. The summed E-state index contributed by atoms with van der Waals surface area (Å²) in [5.41, 5.74) is 3.42. The smallest absolute Gasteiger partial charge is 0.339 e. The summed E-state index contributed by atoms with van der Waals surface area (Å²) < 4.78 is 7.04. The number of benzene rings is 2. The van der Waals surface area contributed by atoms with Gasteiger partial charge < -0.3 is 20.3 Å². The van der Waals surface area contributed by atoms with Crippen molar-refractivity contribution in [2.24, 2.45) is 0 Å². The van der Waals surface area contributed by atoms with Crippen LogP contribution in [0.1, 0.15) is 22.8 Å². The number of nitrogens with zero attached hydrogens (tertiary/aromatic N) is 5. The zero-order valence-corrected chi connectivity index (χ0v) is 16.7. The van der Waals surface area contributed by atoms with Crippen LogP contribution in [0.15, 0.2) is 48.7 Å². The van der Waals surface area contributed by atoms with E-state index in [2.05, 4.69) is 25.6 Å². The molecule has 0 fully saturated rings. The SMILES string of the molecule is CCOc1cc(Nc2ncc3nnn(-c4cccc(CCO)c4)c3n2)ccc1C(=O)O. The van der Waals surface area contributed by atoms with Gasteiger partial charge in [0.05, 0.1) is 18.5 Å². The van der Waals surface area contributed by atoms with Crippen LogP contribution in [0.25, 0.3) is 16.9 Å². The Kier molecular flexibility index (Phi) is 5.72. The van der Waals surface area contributed by atoms with Crippen LogP contribution in [-0.4, -0.2) is 54.4 Å².